The number of carbonyl (C=O) groups is 3. The van der Waals surface area contributed by atoms with E-state index in [1.54, 1.807) is 29.2 Å². The third-order valence-corrected chi connectivity index (χ3v) is 5.36. The summed E-state index contributed by atoms with van der Waals surface area (Å²) in [6.45, 7) is 2.98. The number of rotatable bonds is 7. The average molecular weight is 452 g/mol. The van der Waals surface area contributed by atoms with E-state index in [1.807, 2.05) is 6.92 Å². The van der Waals surface area contributed by atoms with Gasteiger partial charge in [0.05, 0.1) is 12.8 Å². The number of anilines is 3. The molecule has 160 valence electrons. The van der Waals surface area contributed by atoms with Crippen LogP contribution < -0.4 is 20.9 Å². The van der Waals surface area contributed by atoms with E-state index in [0.717, 1.165) is 17.0 Å². The maximum Gasteiger partial charge on any atom is 0.321 e. The molecule has 4 amide bonds. The fraction of sp³-hybridized carbons (Fsp3) is 0.368. The van der Waals surface area contributed by atoms with Crippen molar-refractivity contribution >= 4 is 57.3 Å². The van der Waals surface area contributed by atoms with Gasteiger partial charge in [-0.05, 0) is 30.7 Å². The quantitative estimate of drug-likeness (QED) is 0.598. The van der Waals surface area contributed by atoms with Gasteiger partial charge in [-0.2, -0.15) is 0 Å². The fourth-order valence-corrected chi connectivity index (χ4v) is 3.71. The molecular formula is C19H22ClN5O4S. The smallest absolute Gasteiger partial charge is 0.321 e. The minimum atomic E-state index is -0.717. The lowest BCUT2D eigenvalue weighted by Crippen LogP contribution is -2.45. The van der Waals surface area contributed by atoms with Crippen LogP contribution in [-0.4, -0.2) is 48.6 Å². The largest absolute Gasteiger partial charge is 0.370 e. The lowest BCUT2D eigenvalue weighted by atomic mass is 10.1. The molecule has 1 saturated heterocycles. The highest BCUT2D eigenvalue weighted by Gasteiger charge is 2.22. The number of aromatic nitrogens is 1. The lowest BCUT2D eigenvalue weighted by Gasteiger charge is -2.27. The second-order valence-electron chi connectivity index (χ2n) is 6.54. The van der Waals surface area contributed by atoms with Crippen molar-refractivity contribution in [2.24, 2.45) is 0 Å². The van der Waals surface area contributed by atoms with Gasteiger partial charge in [-0.3, -0.25) is 14.9 Å². The summed E-state index contributed by atoms with van der Waals surface area (Å²) in [7, 11) is 0. The van der Waals surface area contributed by atoms with Crippen LogP contribution in [0.1, 0.15) is 19.8 Å². The summed E-state index contributed by atoms with van der Waals surface area (Å²) >= 11 is 6.93. The predicted octanol–water partition coefficient (Wildman–Crippen LogP) is 3.09. The number of morpholine rings is 1. The van der Waals surface area contributed by atoms with E-state index in [1.165, 1.54) is 6.20 Å². The van der Waals surface area contributed by atoms with Crippen molar-refractivity contribution < 1.29 is 19.1 Å². The number of hydrogen-bond donors (Lipinski definition) is 3. The van der Waals surface area contributed by atoms with Gasteiger partial charge in [-0.15, -0.1) is 0 Å². The van der Waals surface area contributed by atoms with Crippen LogP contribution in [0.5, 0.6) is 0 Å². The number of benzene rings is 1. The van der Waals surface area contributed by atoms with Gasteiger partial charge in [0.25, 0.3) is 5.91 Å². The number of urea groups is 1. The SMILES string of the molecule is CCCC(NC(=O)Nc1ncc(Cl)s1)C(=O)Nc1ccc(N2CCOCC2=O)cc1. The first-order valence-electron chi connectivity index (χ1n) is 9.44. The van der Waals surface area contributed by atoms with E-state index >= 15 is 0 Å². The Hall–Kier alpha value is -2.69. The second kappa shape index (κ2) is 10.4. The number of thiazole rings is 1. The summed E-state index contributed by atoms with van der Waals surface area (Å²) in [6, 6.07) is 5.72. The summed E-state index contributed by atoms with van der Waals surface area (Å²) in [5.41, 5.74) is 1.31. The van der Waals surface area contributed by atoms with Gasteiger partial charge in [-0.25, -0.2) is 9.78 Å². The molecule has 1 aromatic heterocycles. The molecule has 1 unspecified atom stereocenters. The maximum atomic E-state index is 12.7. The molecule has 11 heteroatoms. The molecule has 0 spiro atoms. The molecule has 9 nitrogen and oxygen atoms in total. The normalized spacial score (nSPS) is 14.9. The Morgan fingerprint density at radius 3 is 2.70 bits per heavy atom. The van der Waals surface area contributed by atoms with Gasteiger partial charge < -0.3 is 20.3 Å². The van der Waals surface area contributed by atoms with Gasteiger partial charge in [0.2, 0.25) is 5.91 Å². The third-order valence-electron chi connectivity index (χ3n) is 4.33. The molecule has 2 heterocycles. The maximum absolute atomic E-state index is 12.7. The van der Waals surface area contributed by atoms with Gasteiger partial charge in [0.1, 0.15) is 17.0 Å². The molecule has 0 radical (unpaired) electrons. The number of amides is 4. The van der Waals surface area contributed by atoms with Crippen molar-refractivity contribution in [2.75, 3.05) is 35.3 Å². The third kappa shape index (κ3) is 5.91. The average Bonchev–Trinajstić information content (AvgIpc) is 3.13. The Morgan fingerprint density at radius 1 is 1.30 bits per heavy atom. The number of carbonyl (C=O) groups excluding carboxylic acids is 3. The van der Waals surface area contributed by atoms with Gasteiger partial charge in [0, 0.05) is 17.9 Å². The number of nitrogens with zero attached hydrogens (tertiary/aromatic N) is 2. The van der Waals surface area contributed by atoms with Crippen molar-refractivity contribution in [3.8, 4) is 0 Å². The summed E-state index contributed by atoms with van der Waals surface area (Å²) in [5.74, 6) is -0.433. The van der Waals surface area contributed by atoms with Gasteiger partial charge >= 0.3 is 6.03 Å². The molecule has 3 rings (SSSR count). The molecule has 1 aliphatic heterocycles. The van der Waals surface area contributed by atoms with Gasteiger partial charge in [-0.1, -0.05) is 36.3 Å². The Morgan fingerprint density at radius 2 is 2.07 bits per heavy atom. The van der Waals surface area contributed by atoms with Crippen LogP contribution in [0.15, 0.2) is 30.5 Å². The zero-order valence-corrected chi connectivity index (χ0v) is 17.9. The zero-order chi connectivity index (χ0) is 21.5. The summed E-state index contributed by atoms with van der Waals surface area (Å²) in [6.07, 6.45) is 2.62. The molecule has 1 aromatic carbocycles. The van der Waals surface area contributed by atoms with Crippen LogP contribution in [0.4, 0.5) is 21.3 Å². The van der Waals surface area contributed by atoms with E-state index in [4.69, 9.17) is 16.3 Å². The number of hydrogen-bond acceptors (Lipinski definition) is 6. The number of halogens is 1. The Kier molecular flexibility index (Phi) is 7.61. The molecule has 2 aromatic rings. The van der Waals surface area contributed by atoms with Gasteiger partial charge in [0.15, 0.2) is 5.13 Å². The van der Waals surface area contributed by atoms with Crippen LogP contribution in [-0.2, 0) is 14.3 Å². The predicted molar refractivity (Wildman–Crippen MR) is 116 cm³/mol. The summed E-state index contributed by atoms with van der Waals surface area (Å²) in [5, 5.41) is 8.37. The standard InChI is InChI=1S/C19H22ClN5O4S/c1-2-3-14(23-18(28)24-19-21-10-15(20)30-19)17(27)22-12-4-6-13(7-5-12)25-8-9-29-11-16(25)26/h4-7,10,14H,2-3,8-9,11H2,1H3,(H,22,27)(H2,21,23,24,28). The Labute approximate surface area is 182 Å². The molecule has 0 aliphatic carbocycles. The van der Waals surface area contributed by atoms with Crippen LogP contribution >= 0.6 is 22.9 Å². The Balaban J connectivity index is 1.58. The Bertz CT molecular complexity index is 905. The molecule has 30 heavy (non-hydrogen) atoms. The first-order valence-corrected chi connectivity index (χ1v) is 10.6. The van der Waals surface area contributed by atoms with Crippen molar-refractivity contribution in [1.29, 1.82) is 0 Å². The molecule has 0 bridgehead atoms. The molecule has 3 N–H and O–H groups in total. The van der Waals surface area contributed by atoms with E-state index in [9.17, 15) is 14.4 Å². The van der Waals surface area contributed by atoms with E-state index in [2.05, 4.69) is 20.9 Å². The highest BCUT2D eigenvalue weighted by molar-refractivity contribution is 7.19. The molecule has 1 fully saturated rings. The highest BCUT2D eigenvalue weighted by atomic mass is 35.5. The van der Waals surface area contributed by atoms with Crippen LogP contribution in [0.25, 0.3) is 0 Å². The van der Waals surface area contributed by atoms with E-state index in [-0.39, 0.29) is 18.4 Å². The van der Waals surface area contributed by atoms with Crippen molar-refractivity contribution in [3.63, 3.8) is 0 Å². The summed E-state index contributed by atoms with van der Waals surface area (Å²) < 4.78 is 5.59. The minimum absolute atomic E-state index is 0.0676. The van der Waals surface area contributed by atoms with Crippen molar-refractivity contribution in [3.05, 3.63) is 34.8 Å². The molecule has 1 aliphatic rings. The first-order chi connectivity index (χ1) is 14.5. The fourth-order valence-electron chi connectivity index (χ4n) is 2.91. The van der Waals surface area contributed by atoms with E-state index < -0.39 is 12.1 Å². The topological polar surface area (TPSA) is 113 Å². The molecule has 0 saturated carbocycles. The molecule has 1 atom stereocenters. The van der Waals surface area contributed by atoms with E-state index in [0.29, 0.717) is 41.1 Å². The minimum Gasteiger partial charge on any atom is -0.370 e. The zero-order valence-electron chi connectivity index (χ0n) is 16.3. The number of nitrogens with one attached hydrogen (secondary N) is 3. The monoisotopic (exact) mass is 451 g/mol. The van der Waals surface area contributed by atoms with Crippen LogP contribution in [0, 0.1) is 0 Å². The van der Waals surface area contributed by atoms with Crippen molar-refractivity contribution in [2.45, 2.75) is 25.8 Å². The highest BCUT2D eigenvalue weighted by Crippen LogP contribution is 2.22. The first kappa shape index (κ1) is 22.0. The van der Waals surface area contributed by atoms with Crippen LogP contribution in [0.2, 0.25) is 4.34 Å². The second-order valence-corrected chi connectivity index (χ2v) is 8.21. The lowest BCUT2D eigenvalue weighted by molar-refractivity contribution is -0.125. The summed E-state index contributed by atoms with van der Waals surface area (Å²) in [4.78, 5) is 42.4. The van der Waals surface area contributed by atoms with Crippen molar-refractivity contribution in [1.82, 2.24) is 10.3 Å². The number of ether oxygens (including phenoxy) is 1. The van der Waals surface area contributed by atoms with Crippen LogP contribution in [0.3, 0.4) is 0 Å². The molecular weight excluding hydrogens is 430 g/mol.